The molecule has 1 aliphatic carbocycles. The first-order chi connectivity index (χ1) is 8.34. The van der Waals surface area contributed by atoms with Crippen molar-refractivity contribution in [3.05, 3.63) is 0 Å². The molecule has 1 N–H and O–H groups in total. The van der Waals surface area contributed by atoms with Gasteiger partial charge < -0.3 is 5.32 Å². The molecule has 0 aromatic rings. The van der Waals surface area contributed by atoms with E-state index in [0.29, 0.717) is 19.3 Å². The van der Waals surface area contributed by atoms with Gasteiger partial charge >= 0.3 is 6.18 Å². The van der Waals surface area contributed by atoms with Gasteiger partial charge in [-0.05, 0) is 32.6 Å². The molecule has 0 bridgehead atoms. The molecular formula is C13H18F3NO. The van der Waals surface area contributed by atoms with Crippen LogP contribution in [0.1, 0.15) is 39.0 Å². The fourth-order valence-corrected chi connectivity index (χ4v) is 2.27. The van der Waals surface area contributed by atoms with Crippen molar-refractivity contribution in [3.8, 4) is 12.3 Å². The number of rotatable bonds is 3. The van der Waals surface area contributed by atoms with Crippen LogP contribution in [0.4, 0.5) is 13.2 Å². The summed E-state index contributed by atoms with van der Waals surface area (Å²) in [7, 11) is 0. The number of hydrogen-bond acceptors (Lipinski definition) is 1. The SMILES string of the molecule is C#CCC(C)NC(=O)C1CCC(C(F)(F)F)CC1. The third kappa shape index (κ3) is 4.25. The van der Waals surface area contributed by atoms with E-state index < -0.39 is 12.1 Å². The van der Waals surface area contributed by atoms with Crippen molar-refractivity contribution in [1.82, 2.24) is 5.32 Å². The van der Waals surface area contributed by atoms with Gasteiger partial charge in [0.1, 0.15) is 0 Å². The Bertz CT molecular complexity index is 324. The number of hydrogen-bond donors (Lipinski definition) is 1. The van der Waals surface area contributed by atoms with Crippen molar-refractivity contribution in [2.45, 2.75) is 51.2 Å². The standard InChI is InChI=1S/C13H18F3NO/c1-3-4-9(2)17-12(18)10-5-7-11(8-6-10)13(14,15)16/h1,9-11H,4-8H2,2H3,(H,17,18). The number of carbonyl (C=O) groups excluding carboxylic acids is 1. The van der Waals surface area contributed by atoms with E-state index in [-0.39, 0.29) is 30.7 Å². The monoisotopic (exact) mass is 261 g/mol. The number of amides is 1. The molecule has 0 radical (unpaired) electrons. The predicted octanol–water partition coefficient (Wildman–Crippen LogP) is 2.88. The molecular weight excluding hydrogens is 243 g/mol. The second kappa shape index (κ2) is 6.12. The van der Waals surface area contributed by atoms with Gasteiger partial charge in [0.05, 0.1) is 5.92 Å². The van der Waals surface area contributed by atoms with Gasteiger partial charge in [-0.3, -0.25) is 4.79 Å². The van der Waals surface area contributed by atoms with E-state index in [9.17, 15) is 18.0 Å². The minimum Gasteiger partial charge on any atom is -0.352 e. The maximum Gasteiger partial charge on any atom is 0.391 e. The van der Waals surface area contributed by atoms with Crippen LogP contribution < -0.4 is 5.32 Å². The molecule has 1 saturated carbocycles. The Morgan fingerprint density at radius 1 is 1.39 bits per heavy atom. The lowest BCUT2D eigenvalue weighted by Crippen LogP contribution is -2.39. The highest BCUT2D eigenvalue weighted by atomic mass is 19.4. The summed E-state index contributed by atoms with van der Waals surface area (Å²) in [6.07, 6.45) is 2.13. The van der Waals surface area contributed by atoms with E-state index in [1.54, 1.807) is 6.92 Å². The summed E-state index contributed by atoms with van der Waals surface area (Å²) in [5.74, 6) is 0.723. The first kappa shape index (κ1) is 14.9. The molecule has 1 rings (SSSR count). The van der Waals surface area contributed by atoms with Crippen molar-refractivity contribution in [2.75, 3.05) is 0 Å². The Kier molecular flexibility index (Phi) is 5.06. The van der Waals surface area contributed by atoms with Gasteiger partial charge in [-0.1, -0.05) is 0 Å². The molecule has 2 nitrogen and oxygen atoms in total. The molecule has 0 spiro atoms. The third-order valence-corrected chi connectivity index (χ3v) is 3.37. The van der Waals surface area contributed by atoms with E-state index in [1.807, 2.05) is 0 Å². The summed E-state index contributed by atoms with van der Waals surface area (Å²) in [5.41, 5.74) is 0. The largest absolute Gasteiger partial charge is 0.391 e. The van der Waals surface area contributed by atoms with Crippen LogP contribution in [-0.2, 0) is 4.79 Å². The van der Waals surface area contributed by atoms with Crippen molar-refractivity contribution >= 4 is 5.91 Å². The van der Waals surface area contributed by atoms with Crippen LogP contribution in [0.5, 0.6) is 0 Å². The van der Waals surface area contributed by atoms with Gasteiger partial charge in [0.15, 0.2) is 0 Å². The number of alkyl halides is 3. The minimum absolute atomic E-state index is 0.0467. The number of nitrogens with one attached hydrogen (secondary N) is 1. The first-order valence-corrected chi connectivity index (χ1v) is 6.15. The van der Waals surface area contributed by atoms with Gasteiger partial charge in [0, 0.05) is 18.4 Å². The summed E-state index contributed by atoms with van der Waals surface area (Å²) in [6.45, 7) is 1.79. The summed E-state index contributed by atoms with van der Waals surface area (Å²) in [4.78, 5) is 11.8. The Morgan fingerprint density at radius 2 is 1.94 bits per heavy atom. The molecule has 1 aliphatic rings. The van der Waals surface area contributed by atoms with Crippen LogP contribution in [0.3, 0.4) is 0 Å². The fraction of sp³-hybridized carbons (Fsp3) is 0.769. The molecule has 0 aromatic heterocycles. The maximum atomic E-state index is 12.5. The molecule has 5 heteroatoms. The van der Waals surface area contributed by atoms with Crippen LogP contribution in [0, 0.1) is 24.2 Å². The van der Waals surface area contributed by atoms with E-state index in [2.05, 4.69) is 11.2 Å². The van der Waals surface area contributed by atoms with Crippen molar-refractivity contribution in [2.24, 2.45) is 11.8 Å². The lowest BCUT2D eigenvalue weighted by atomic mass is 9.81. The predicted molar refractivity (Wildman–Crippen MR) is 62.6 cm³/mol. The van der Waals surface area contributed by atoms with Crippen molar-refractivity contribution in [1.29, 1.82) is 0 Å². The number of carbonyl (C=O) groups is 1. The summed E-state index contributed by atoms with van der Waals surface area (Å²) >= 11 is 0. The molecule has 1 fully saturated rings. The smallest absolute Gasteiger partial charge is 0.352 e. The summed E-state index contributed by atoms with van der Waals surface area (Å²) in [5, 5.41) is 2.74. The molecule has 0 aromatic carbocycles. The van der Waals surface area contributed by atoms with Crippen molar-refractivity contribution in [3.63, 3.8) is 0 Å². The Balaban J connectivity index is 2.39. The number of terminal acetylenes is 1. The third-order valence-electron chi connectivity index (χ3n) is 3.37. The van der Waals surface area contributed by atoms with E-state index in [0.717, 1.165) is 0 Å². The zero-order valence-corrected chi connectivity index (χ0v) is 10.4. The normalized spacial score (nSPS) is 26.2. The van der Waals surface area contributed by atoms with Crippen LogP contribution in [-0.4, -0.2) is 18.1 Å². The minimum atomic E-state index is -4.13. The second-order valence-electron chi connectivity index (χ2n) is 4.91. The lowest BCUT2D eigenvalue weighted by Gasteiger charge is -2.29. The van der Waals surface area contributed by atoms with Gasteiger partial charge in [0.25, 0.3) is 0 Å². The average molecular weight is 261 g/mol. The maximum absolute atomic E-state index is 12.5. The molecule has 0 aliphatic heterocycles. The Hall–Kier alpha value is -1.18. The van der Waals surface area contributed by atoms with Gasteiger partial charge in [0.2, 0.25) is 5.91 Å². The second-order valence-corrected chi connectivity index (χ2v) is 4.91. The number of halogens is 3. The van der Waals surface area contributed by atoms with E-state index >= 15 is 0 Å². The highest BCUT2D eigenvalue weighted by Crippen LogP contribution is 2.39. The van der Waals surface area contributed by atoms with E-state index in [1.165, 1.54) is 0 Å². The molecule has 0 heterocycles. The topological polar surface area (TPSA) is 29.1 Å². The van der Waals surface area contributed by atoms with Crippen LogP contribution in [0.15, 0.2) is 0 Å². The van der Waals surface area contributed by atoms with Crippen molar-refractivity contribution < 1.29 is 18.0 Å². The zero-order chi connectivity index (χ0) is 13.8. The van der Waals surface area contributed by atoms with Gasteiger partial charge in [-0.15, -0.1) is 12.3 Å². The van der Waals surface area contributed by atoms with Gasteiger partial charge in [-0.2, -0.15) is 13.2 Å². The molecule has 102 valence electrons. The first-order valence-electron chi connectivity index (χ1n) is 6.15. The zero-order valence-electron chi connectivity index (χ0n) is 10.4. The highest BCUT2D eigenvalue weighted by Gasteiger charge is 2.42. The molecule has 1 unspecified atom stereocenters. The lowest BCUT2D eigenvalue weighted by molar-refractivity contribution is -0.184. The Morgan fingerprint density at radius 3 is 2.39 bits per heavy atom. The molecule has 1 atom stereocenters. The quantitative estimate of drug-likeness (QED) is 0.778. The van der Waals surface area contributed by atoms with Crippen LogP contribution >= 0.6 is 0 Å². The fourth-order valence-electron chi connectivity index (χ4n) is 2.27. The Labute approximate surface area is 105 Å². The summed E-state index contributed by atoms with van der Waals surface area (Å²) in [6, 6.07) is -0.122. The van der Waals surface area contributed by atoms with Crippen LogP contribution in [0.25, 0.3) is 0 Å². The van der Waals surface area contributed by atoms with Crippen LogP contribution in [0.2, 0.25) is 0 Å². The van der Waals surface area contributed by atoms with Gasteiger partial charge in [-0.25, -0.2) is 0 Å². The highest BCUT2D eigenvalue weighted by molar-refractivity contribution is 5.79. The average Bonchev–Trinajstić information content (AvgIpc) is 2.28. The molecule has 18 heavy (non-hydrogen) atoms. The molecule has 0 saturated heterocycles. The van der Waals surface area contributed by atoms with E-state index in [4.69, 9.17) is 6.42 Å². The summed E-state index contributed by atoms with van der Waals surface area (Å²) < 4.78 is 37.4. The molecule has 1 amide bonds.